The molecule has 3 N–H and O–H groups in total. The number of amides is 2. The Balaban J connectivity index is 1.26. The lowest BCUT2D eigenvalue weighted by molar-refractivity contribution is -0.123. The van der Waals surface area contributed by atoms with Gasteiger partial charge in [-0.1, -0.05) is 23.7 Å². The Morgan fingerprint density at radius 1 is 0.978 bits per heavy atom. The molecule has 0 aliphatic carbocycles. The summed E-state index contributed by atoms with van der Waals surface area (Å²) in [6, 6.07) is 19.7. The van der Waals surface area contributed by atoms with E-state index in [2.05, 4.69) is 34.6 Å². The van der Waals surface area contributed by atoms with Crippen LogP contribution in [-0.4, -0.2) is 87.3 Å². The second-order valence-corrected chi connectivity index (χ2v) is 11.6. The molecule has 2 amide bonds. The van der Waals surface area contributed by atoms with Crippen molar-refractivity contribution in [2.24, 2.45) is 0 Å². The number of hydrogen-bond donors (Lipinski definition) is 3. The number of aromatic amines is 1. The number of methoxy groups -OCH3 is 1. The third-order valence-corrected chi connectivity index (χ3v) is 7.97. The van der Waals surface area contributed by atoms with E-state index in [-0.39, 0.29) is 12.5 Å². The molecule has 0 fully saturated rings. The number of H-pyrrole nitrogens is 1. The summed E-state index contributed by atoms with van der Waals surface area (Å²) in [6.07, 6.45) is 1.24. The van der Waals surface area contributed by atoms with Crippen LogP contribution in [0, 0.1) is 0 Å². The van der Waals surface area contributed by atoms with Crippen molar-refractivity contribution in [3.8, 4) is 17.2 Å². The average Bonchev–Trinajstić information content (AvgIpc) is 3.41. The SMILES string of the molecule is COc1ccc(OC(=O)N2CCc3c([nH]c4ccc(Cl)cc34)C2c2ccc(OCC(=O)NCCNCCCN(C)C)cc2)cc1. The number of rotatable bonds is 13. The molecule has 0 saturated carbocycles. The highest BCUT2D eigenvalue weighted by molar-refractivity contribution is 6.31. The van der Waals surface area contributed by atoms with Crippen molar-refractivity contribution in [2.75, 3.05) is 60.5 Å². The minimum atomic E-state index is -0.461. The van der Waals surface area contributed by atoms with Crippen LogP contribution in [0.3, 0.4) is 0 Å². The Morgan fingerprint density at radius 2 is 1.71 bits per heavy atom. The van der Waals surface area contributed by atoms with Crippen LogP contribution in [0.2, 0.25) is 5.02 Å². The van der Waals surface area contributed by atoms with Gasteiger partial charge in [0.15, 0.2) is 6.61 Å². The molecule has 1 atom stereocenters. The van der Waals surface area contributed by atoms with Gasteiger partial charge in [0, 0.05) is 41.3 Å². The van der Waals surface area contributed by atoms with Gasteiger partial charge in [0.2, 0.25) is 0 Å². The fourth-order valence-corrected chi connectivity index (χ4v) is 5.66. The molecule has 5 rings (SSSR count). The lowest BCUT2D eigenvalue weighted by atomic mass is 9.92. The zero-order chi connectivity index (χ0) is 31.8. The number of ether oxygens (including phenoxy) is 3. The van der Waals surface area contributed by atoms with Crippen LogP contribution in [0.25, 0.3) is 10.9 Å². The van der Waals surface area contributed by atoms with Crippen LogP contribution in [0.15, 0.2) is 66.7 Å². The standard InChI is InChI=1S/C34H40ClN5O5/c1-39(2)19-4-16-36-17-18-37-31(41)22-44-26-8-5-23(6-9-26)33-32-28(29-21-24(35)7-14-30(29)38-32)15-20-40(33)34(42)45-27-12-10-25(43-3)11-13-27/h5-14,21,33,36,38H,4,15-20,22H2,1-3H3,(H,37,41). The third-order valence-electron chi connectivity index (χ3n) is 7.74. The third kappa shape index (κ3) is 8.27. The molecule has 45 heavy (non-hydrogen) atoms. The molecule has 1 aliphatic rings. The van der Waals surface area contributed by atoms with Crippen molar-refractivity contribution in [3.63, 3.8) is 0 Å². The summed E-state index contributed by atoms with van der Waals surface area (Å²) in [6.45, 7) is 3.53. The van der Waals surface area contributed by atoms with Crippen molar-refractivity contribution in [1.29, 1.82) is 0 Å². The van der Waals surface area contributed by atoms with E-state index in [4.69, 9.17) is 25.8 Å². The Morgan fingerprint density at radius 3 is 2.44 bits per heavy atom. The Hall–Kier alpha value is -4.25. The van der Waals surface area contributed by atoms with E-state index in [1.807, 2.05) is 42.5 Å². The second-order valence-electron chi connectivity index (χ2n) is 11.2. The first-order valence-electron chi connectivity index (χ1n) is 15.1. The first-order chi connectivity index (χ1) is 21.8. The average molecular weight is 634 g/mol. The van der Waals surface area contributed by atoms with E-state index >= 15 is 0 Å². The summed E-state index contributed by atoms with van der Waals surface area (Å²) in [5, 5.41) is 7.89. The summed E-state index contributed by atoms with van der Waals surface area (Å²) in [5.41, 5.74) is 3.86. The number of nitrogens with zero attached hydrogens (tertiary/aromatic N) is 2. The van der Waals surface area contributed by atoms with Gasteiger partial charge < -0.3 is 34.7 Å². The van der Waals surface area contributed by atoms with Gasteiger partial charge in [-0.3, -0.25) is 9.69 Å². The molecule has 238 valence electrons. The molecule has 11 heteroatoms. The van der Waals surface area contributed by atoms with Crippen molar-refractivity contribution in [2.45, 2.75) is 18.9 Å². The largest absolute Gasteiger partial charge is 0.497 e. The Bertz CT molecular complexity index is 1590. The number of carbonyl (C=O) groups is 2. The maximum atomic E-state index is 13.6. The zero-order valence-electron chi connectivity index (χ0n) is 25.9. The number of nitrogens with one attached hydrogen (secondary N) is 3. The van der Waals surface area contributed by atoms with Crippen molar-refractivity contribution >= 4 is 34.5 Å². The maximum absolute atomic E-state index is 13.6. The van der Waals surface area contributed by atoms with Crippen molar-refractivity contribution < 1.29 is 23.8 Å². The number of carbonyl (C=O) groups excluding carboxylic acids is 2. The summed E-state index contributed by atoms with van der Waals surface area (Å²) in [4.78, 5) is 33.3. The zero-order valence-corrected chi connectivity index (χ0v) is 26.7. The van der Waals surface area contributed by atoms with E-state index in [0.29, 0.717) is 48.3 Å². The highest BCUT2D eigenvalue weighted by Gasteiger charge is 2.35. The maximum Gasteiger partial charge on any atom is 0.416 e. The molecule has 0 radical (unpaired) electrons. The highest BCUT2D eigenvalue weighted by atomic mass is 35.5. The molecular weight excluding hydrogens is 594 g/mol. The number of aromatic nitrogens is 1. The lowest BCUT2D eigenvalue weighted by Crippen LogP contribution is -2.42. The molecule has 1 unspecified atom stereocenters. The quantitative estimate of drug-likeness (QED) is 0.178. The van der Waals surface area contributed by atoms with Gasteiger partial charge >= 0.3 is 6.09 Å². The van der Waals surface area contributed by atoms with Crippen LogP contribution in [0.1, 0.15) is 29.3 Å². The summed E-state index contributed by atoms with van der Waals surface area (Å²) < 4.78 is 16.8. The Labute approximate surface area is 268 Å². The van der Waals surface area contributed by atoms with Gasteiger partial charge in [0.1, 0.15) is 23.3 Å². The minimum Gasteiger partial charge on any atom is -0.497 e. The fourth-order valence-electron chi connectivity index (χ4n) is 5.49. The molecule has 1 aliphatic heterocycles. The molecule has 10 nitrogen and oxygen atoms in total. The molecule has 3 aromatic carbocycles. The summed E-state index contributed by atoms with van der Waals surface area (Å²) in [5.74, 6) is 1.48. The van der Waals surface area contributed by atoms with Gasteiger partial charge in [0.25, 0.3) is 5.91 Å². The predicted octanol–water partition coefficient (Wildman–Crippen LogP) is 5.01. The molecule has 2 heterocycles. The molecule has 4 aromatic rings. The molecule has 0 saturated heterocycles. The van der Waals surface area contributed by atoms with Crippen molar-refractivity contribution in [3.05, 3.63) is 88.6 Å². The predicted molar refractivity (Wildman–Crippen MR) is 176 cm³/mol. The topological polar surface area (TPSA) is 108 Å². The van der Waals surface area contributed by atoms with Crippen molar-refractivity contribution in [1.82, 2.24) is 25.4 Å². The number of benzene rings is 3. The lowest BCUT2D eigenvalue weighted by Gasteiger charge is -2.35. The van der Waals surface area contributed by atoms with Crippen LogP contribution in [-0.2, 0) is 11.2 Å². The van der Waals surface area contributed by atoms with E-state index in [1.165, 1.54) is 0 Å². The van der Waals surface area contributed by atoms with Crippen LogP contribution in [0.5, 0.6) is 17.2 Å². The number of fused-ring (bicyclic) bond motifs is 3. The summed E-state index contributed by atoms with van der Waals surface area (Å²) >= 11 is 6.34. The highest BCUT2D eigenvalue weighted by Crippen LogP contribution is 2.40. The van der Waals surface area contributed by atoms with Gasteiger partial charge in [-0.2, -0.15) is 0 Å². The molecule has 0 spiro atoms. The smallest absolute Gasteiger partial charge is 0.416 e. The van der Waals surface area contributed by atoms with Gasteiger partial charge in [-0.25, -0.2) is 4.79 Å². The van der Waals surface area contributed by atoms with E-state index in [9.17, 15) is 9.59 Å². The number of hydrogen-bond acceptors (Lipinski definition) is 7. The first-order valence-corrected chi connectivity index (χ1v) is 15.5. The normalized spacial score (nSPS) is 14.3. The first kappa shape index (κ1) is 32.2. The van der Waals surface area contributed by atoms with Crippen LogP contribution in [0.4, 0.5) is 4.79 Å². The monoisotopic (exact) mass is 633 g/mol. The summed E-state index contributed by atoms with van der Waals surface area (Å²) in [7, 11) is 5.69. The van der Waals surface area contributed by atoms with E-state index in [1.54, 1.807) is 36.3 Å². The van der Waals surface area contributed by atoms with Crippen LogP contribution >= 0.6 is 11.6 Å². The molecule has 1 aromatic heterocycles. The second kappa shape index (κ2) is 15.2. The van der Waals surface area contributed by atoms with Gasteiger partial charge in [-0.05, 0) is 106 Å². The molecule has 0 bridgehead atoms. The fraction of sp³-hybridized carbons (Fsp3) is 0.353. The number of halogens is 1. The van der Waals surface area contributed by atoms with Crippen LogP contribution < -0.4 is 24.8 Å². The minimum absolute atomic E-state index is 0.0867. The molecular formula is C34H40ClN5O5. The Kier molecular flexibility index (Phi) is 10.8. The van der Waals surface area contributed by atoms with Gasteiger partial charge in [0.05, 0.1) is 7.11 Å². The van der Waals surface area contributed by atoms with E-state index in [0.717, 1.165) is 47.2 Å². The van der Waals surface area contributed by atoms with E-state index < -0.39 is 12.1 Å². The van der Waals surface area contributed by atoms with Gasteiger partial charge in [-0.15, -0.1) is 0 Å².